The van der Waals surface area contributed by atoms with E-state index < -0.39 is 0 Å². The molecule has 1 aliphatic rings. The van der Waals surface area contributed by atoms with Crippen molar-refractivity contribution in [2.75, 3.05) is 45.2 Å². The fourth-order valence-electron chi connectivity index (χ4n) is 3.64. The lowest BCUT2D eigenvalue weighted by Gasteiger charge is -2.19. The highest BCUT2D eigenvalue weighted by atomic mass is 16.2. The van der Waals surface area contributed by atoms with Crippen molar-refractivity contribution >= 4 is 17.6 Å². The standard InChI is InChI=1S/C24H33N5O/c1-4-25-24(26-16-19-10-12-21(13-11-19)23(30)28(2)3)27-17-20-14-15-29(18-20)22-8-6-5-7-9-22/h5-13,20H,4,14-18H2,1-3H3,(H2,25,26,27). The zero-order valence-corrected chi connectivity index (χ0v) is 18.3. The maximum absolute atomic E-state index is 12.0. The Balaban J connectivity index is 1.52. The lowest BCUT2D eigenvalue weighted by atomic mass is 10.1. The maximum atomic E-state index is 12.0. The topological polar surface area (TPSA) is 60.0 Å². The van der Waals surface area contributed by atoms with Gasteiger partial charge in [-0.3, -0.25) is 4.79 Å². The highest BCUT2D eigenvalue weighted by Crippen LogP contribution is 2.22. The molecule has 1 atom stereocenters. The number of hydrogen-bond acceptors (Lipinski definition) is 3. The molecule has 6 nitrogen and oxygen atoms in total. The van der Waals surface area contributed by atoms with E-state index in [1.807, 2.05) is 24.3 Å². The van der Waals surface area contributed by atoms with Crippen molar-refractivity contribution in [1.29, 1.82) is 0 Å². The lowest BCUT2D eigenvalue weighted by molar-refractivity contribution is 0.0827. The average molecular weight is 408 g/mol. The van der Waals surface area contributed by atoms with Crippen LogP contribution >= 0.6 is 0 Å². The monoisotopic (exact) mass is 407 g/mol. The molecule has 1 saturated heterocycles. The number of benzene rings is 2. The van der Waals surface area contributed by atoms with Crippen molar-refractivity contribution in [2.45, 2.75) is 19.9 Å². The van der Waals surface area contributed by atoms with Gasteiger partial charge in [-0.25, -0.2) is 4.99 Å². The van der Waals surface area contributed by atoms with Gasteiger partial charge in [-0.05, 0) is 49.1 Å². The molecule has 1 unspecified atom stereocenters. The van der Waals surface area contributed by atoms with Crippen LogP contribution in [-0.2, 0) is 6.54 Å². The summed E-state index contributed by atoms with van der Waals surface area (Å²) >= 11 is 0. The fourth-order valence-corrected chi connectivity index (χ4v) is 3.64. The average Bonchev–Trinajstić information content (AvgIpc) is 3.25. The molecule has 0 spiro atoms. The van der Waals surface area contributed by atoms with Crippen LogP contribution in [0, 0.1) is 5.92 Å². The zero-order chi connectivity index (χ0) is 21.3. The van der Waals surface area contributed by atoms with Gasteiger partial charge < -0.3 is 20.4 Å². The van der Waals surface area contributed by atoms with Crippen LogP contribution in [0.1, 0.15) is 29.3 Å². The minimum Gasteiger partial charge on any atom is -0.371 e. The Morgan fingerprint density at radius 1 is 1.10 bits per heavy atom. The summed E-state index contributed by atoms with van der Waals surface area (Å²) in [6.07, 6.45) is 1.18. The molecule has 0 bridgehead atoms. The smallest absolute Gasteiger partial charge is 0.253 e. The van der Waals surface area contributed by atoms with Gasteiger partial charge in [0.05, 0.1) is 6.54 Å². The van der Waals surface area contributed by atoms with Crippen LogP contribution in [0.25, 0.3) is 0 Å². The second-order valence-corrected chi connectivity index (χ2v) is 7.91. The molecule has 160 valence electrons. The van der Waals surface area contributed by atoms with Gasteiger partial charge in [0.1, 0.15) is 0 Å². The number of hydrogen-bond donors (Lipinski definition) is 2. The predicted octanol–water partition coefficient (Wildman–Crippen LogP) is 2.97. The molecule has 6 heteroatoms. The van der Waals surface area contributed by atoms with Gasteiger partial charge in [-0.15, -0.1) is 0 Å². The molecular formula is C24H33N5O. The SMILES string of the molecule is CCNC(=NCc1ccc(C(=O)N(C)C)cc1)NCC1CCN(c2ccccc2)C1. The third kappa shape index (κ3) is 5.99. The normalized spacial score (nSPS) is 16.4. The van der Waals surface area contributed by atoms with E-state index in [4.69, 9.17) is 4.99 Å². The first-order valence-electron chi connectivity index (χ1n) is 10.7. The van der Waals surface area contributed by atoms with E-state index in [2.05, 4.69) is 52.8 Å². The van der Waals surface area contributed by atoms with Crippen LogP contribution < -0.4 is 15.5 Å². The maximum Gasteiger partial charge on any atom is 0.253 e. The van der Waals surface area contributed by atoms with Crippen LogP contribution in [0.4, 0.5) is 5.69 Å². The Morgan fingerprint density at radius 2 is 1.83 bits per heavy atom. The van der Waals surface area contributed by atoms with Gasteiger partial charge in [0.15, 0.2) is 5.96 Å². The van der Waals surface area contributed by atoms with Gasteiger partial charge in [-0.2, -0.15) is 0 Å². The van der Waals surface area contributed by atoms with E-state index in [9.17, 15) is 4.79 Å². The molecular weight excluding hydrogens is 374 g/mol. The predicted molar refractivity (Wildman–Crippen MR) is 124 cm³/mol. The van der Waals surface area contributed by atoms with Crippen molar-refractivity contribution in [2.24, 2.45) is 10.9 Å². The number of amides is 1. The van der Waals surface area contributed by atoms with Gasteiger partial charge in [-0.1, -0.05) is 30.3 Å². The summed E-state index contributed by atoms with van der Waals surface area (Å²) in [5.74, 6) is 1.45. The van der Waals surface area contributed by atoms with E-state index in [1.54, 1.807) is 19.0 Å². The largest absolute Gasteiger partial charge is 0.371 e. The lowest BCUT2D eigenvalue weighted by Crippen LogP contribution is -2.40. The van der Waals surface area contributed by atoms with Crippen LogP contribution in [0.15, 0.2) is 59.6 Å². The van der Waals surface area contributed by atoms with E-state index in [-0.39, 0.29) is 5.91 Å². The Hall–Kier alpha value is -3.02. The highest BCUT2D eigenvalue weighted by Gasteiger charge is 2.22. The zero-order valence-electron chi connectivity index (χ0n) is 18.3. The van der Waals surface area contributed by atoms with Gasteiger partial charge >= 0.3 is 0 Å². The van der Waals surface area contributed by atoms with Crippen LogP contribution in [0.3, 0.4) is 0 Å². The highest BCUT2D eigenvalue weighted by molar-refractivity contribution is 5.93. The number of carbonyl (C=O) groups excluding carboxylic acids is 1. The van der Waals surface area contributed by atoms with E-state index >= 15 is 0 Å². The number of nitrogens with zero attached hydrogens (tertiary/aromatic N) is 3. The quantitative estimate of drug-likeness (QED) is 0.547. The third-order valence-corrected chi connectivity index (χ3v) is 5.34. The van der Waals surface area contributed by atoms with Gasteiger partial charge in [0.25, 0.3) is 5.91 Å². The summed E-state index contributed by atoms with van der Waals surface area (Å²) in [6.45, 7) is 6.55. The van der Waals surface area contributed by atoms with Crippen molar-refractivity contribution in [1.82, 2.24) is 15.5 Å². The molecule has 1 amide bonds. The Kier molecular flexibility index (Phi) is 7.71. The molecule has 0 saturated carbocycles. The van der Waals surface area contributed by atoms with Gasteiger partial charge in [0, 0.05) is 51.5 Å². The number of guanidine groups is 1. The molecule has 1 aliphatic heterocycles. The molecule has 2 aromatic carbocycles. The number of para-hydroxylation sites is 1. The third-order valence-electron chi connectivity index (χ3n) is 5.34. The van der Waals surface area contributed by atoms with Crippen LogP contribution in [0.5, 0.6) is 0 Å². The van der Waals surface area contributed by atoms with E-state index in [0.717, 1.165) is 37.7 Å². The molecule has 0 radical (unpaired) electrons. The first kappa shape index (κ1) is 21.7. The summed E-state index contributed by atoms with van der Waals surface area (Å²) in [6, 6.07) is 18.3. The Labute approximate surface area is 180 Å². The first-order chi connectivity index (χ1) is 14.6. The number of nitrogens with one attached hydrogen (secondary N) is 2. The first-order valence-corrected chi connectivity index (χ1v) is 10.7. The Bertz CT molecular complexity index is 832. The van der Waals surface area contributed by atoms with Crippen molar-refractivity contribution in [3.05, 3.63) is 65.7 Å². The second-order valence-electron chi connectivity index (χ2n) is 7.91. The minimum atomic E-state index is 0.0150. The van der Waals surface area contributed by atoms with Crippen molar-refractivity contribution < 1.29 is 4.79 Å². The summed E-state index contributed by atoms with van der Waals surface area (Å²) in [7, 11) is 3.52. The summed E-state index contributed by atoms with van der Waals surface area (Å²) in [5.41, 5.74) is 3.08. The van der Waals surface area contributed by atoms with Gasteiger partial charge in [0.2, 0.25) is 0 Å². The van der Waals surface area contributed by atoms with E-state index in [0.29, 0.717) is 18.0 Å². The van der Waals surface area contributed by atoms with Crippen LogP contribution in [0.2, 0.25) is 0 Å². The molecule has 3 rings (SSSR count). The number of anilines is 1. The Morgan fingerprint density at radius 3 is 2.50 bits per heavy atom. The van der Waals surface area contributed by atoms with E-state index in [1.165, 1.54) is 12.1 Å². The molecule has 0 aromatic heterocycles. The molecule has 30 heavy (non-hydrogen) atoms. The molecule has 1 heterocycles. The molecule has 0 aliphatic carbocycles. The molecule has 1 fully saturated rings. The summed E-state index contributed by atoms with van der Waals surface area (Å²) in [4.78, 5) is 20.8. The van der Waals surface area contributed by atoms with Crippen molar-refractivity contribution in [3.8, 4) is 0 Å². The minimum absolute atomic E-state index is 0.0150. The van der Waals surface area contributed by atoms with Crippen molar-refractivity contribution in [3.63, 3.8) is 0 Å². The molecule has 2 aromatic rings. The second kappa shape index (κ2) is 10.7. The number of carbonyl (C=O) groups is 1. The van der Waals surface area contributed by atoms with Crippen LogP contribution in [-0.4, -0.2) is 57.0 Å². The summed E-state index contributed by atoms with van der Waals surface area (Å²) < 4.78 is 0. The summed E-state index contributed by atoms with van der Waals surface area (Å²) in [5, 5.41) is 6.83. The molecule has 2 N–H and O–H groups in total. The number of rotatable bonds is 7. The number of aliphatic imine (C=N–C) groups is 1. The fraction of sp³-hybridized carbons (Fsp3) is 0.417.